The second-order valence-electron chi connectivity index (χ2n) is 11.4. The lowest BCUT2D eigenvalue weighted by molar-refractivity contribution is -0.152. The van der Waals surface area contributed by atoms with Gasteiger partial charge in [0.1, 0.15) is 17.1 Å². The topological polar surface area (TPSA) is 53.0 Å². The Bertz CT molecular complexity index is 1450. The molecule has 2 fully saturated rings. The molecule has 2 aliphatic carbocycles. The standard InChI is InChI=1S/C32H30N2O3/c35-24-12-11-23-17-28-32-14-13-26-29(27(37-32)20-34(26)30(36)22-9-5-2-6-10-22)31(32,25(23)18-24)15-16-33(28)19-21-7-3-1-4-8-21/h1-12,18,26,28,35H,13-17,19-20H2. The van der Waals surface area contributed by atoms with Gasteiger partial charge in [-0.05, 0) is 66.6 Å². The molecule has 5 aliphatic rings. The molecule has 3 aromatic rings. The first-order valence-corrected chi connectivity index (χ1v) is 13.5. The van der Waals surface area contributed by atoms with Crippen molar-refractivity contribution in [3.63, 3.8) is 0 Å². The number of aromatic hydroxyl groups is 1. The number of ether oxygens (including phenoxy) is 1. The van der Waals surface area contributed by atoms with Gasteiger partial charge in [-0.15, -0.1) is 0 Å². The number of phenols is 1. The van der Waals surface area contributed by atoms with Crippen LogP contribution in [0.15, 0.2) is 90.2 Å². The van der Waals surface area contributed by atoms with Gasteiger partial charge in [-0.25, -0.2) is 0 Å². The first-order chi connectivity index (χ1) is 18.1. The van der Waals surface area contributed by atoms with Crippen LogP contribution >= 0.6 is 0 Å². The van der Waals surface area contributed by atoms with Crippen LogP contribution in [-0.4, -0.2) is 51.6 Å². The quantitative estimate of drug-likeness (QED) is 0.573. The third-order valence-electron chi connectivity index (χ3n) is 9.83. The van der Waals surface area contributed by atoms with E-state index < -0.39 is 0 Å². The molecule has 4 unspecified atom stereocenters. The maximum absolute atomic E-state index is 13.6. The lowest BCUT2D eigenvalue weighted by Gasteiger charge is -2.64. The van der Waals surface area contributed by atoms with Crippen LogP contribution in [0.4, 0.5) is 0 Å². The summed E-state index contributed by atoms with van der Waals surface area (Å²) in [7, 11) is 0. The summed E-state index contributed by atoms with van der Waals surface area (Å²) >= 11 is 0. The van der Waals surface area contributed by atoms with E-state index in [1.807, 2.05) is 47.4 Å². The average molecular weight is 491 g/mol. The molecule has 37 heavy (non-hydrogen) atoms. The third kappa shape index (κ3) is 2.70. The van der Waals surface area contributed by atoms with Gasteiger partial charge < -0.3 is 14.7 Å². The van der Waals surface area contributed by atoms with Crippen LogP contribution < -0.4 is 0 Å². The van der Waals surface area contributed by atoms with Gasteiger partial charge in [0, 0.05) is 24.2 Å². The van der Waals surface area contributed by atoms with Gasteiger partial charge in [0.15, 0.2) is 0 Å². The Morgan fingerprint density at radius 2 is 1.78 bits per heavy atom. The van der Waals surface area contributed by atoms with Gasteiger partial charge in [-0.3, -0.25) is 9.69 Å². The SMILES string of the molecule is O=C(c1ccccc1)N1CC2=C3C1CCC1(O2)C2Cc4ccc(O)cc4C31CCN2Cc1ccccc1. The van der Waals surface area contributed by atoms with E-state index in [0.29, 0.717) is 12.3 Å². The molecule has 5 heteroatoms. The van der Waals surface area contributed by atoms with Crippen molar-refractivity contribution in [1.29, 1.82) is 0 Å². The first kappa shape index (κ1) is 21.5. The van der Waals surface area contributed by atoms with Gasteiger partial charge in [0.25, 0.3) is 5.91 Å². The van der Waals surface area contributed by atoms with Gasteiger partial charge in [-0.1, -0.05) is 54.6 Å². The van der Waals surface area contributed by atoms with E-state index in [9.17, 15) is 9.90 Å². The van der Waals surface area contributed by atoms with Crippen LogP contribution in [0.2, 0.25) is 0 Å². The number of carbonyl (C=O) groups is 1. The number of piperidine rings is 1. The van der Waals surface area contributed by atoms with Crippen LogP contribution in [0.5, 0.6) is 5.75 Å². The lowest BCUT2D eigenvalue weighted by Crippen LogP contribution is -2.73. The molecule has 3 aromatic carbocycles. The first-order valence-electron chi connectivity index (χ1n) is 13.5. The van der Waals surface area contributed by atoms with Crippen LogP contribution in [0.3, 0.4) is 0 Å². The fourth-order valence-corrected chi connectivity index (χ4v) is 8.50. The lowest BCUT2D eigenvalue weighted by atomic mass is 9.48. The number of carbonyl (C=O) groups excluding carboxylic acids is 1. The van der Waals surface area contributed by atoms with Crippen molar-refractivity contribution in [2.75, 3.05) is 13.1 Å². The summed E-state index contributed by atoms with van der Waals surface area (Å²) in [6, 6.07) is 26.6. The summed E-state index contributed by atoms with van der Waals surface area (Å²) in [6.07, 6.45) is 3.69. The van der Waals surface area contributed by atoms with Crippen molar-refractivity contribution >= 4 is 5.91 Å². The summed E-state index contributed by atoms with van der Waals surface area (Å²) in [5, 5.41) is 10.6. The molecular weight excluding hydrogens is 460 g/mol. The van der Waals surface area contributed by atoms with Gasteiger partial charge in [-0.2, -0.15) is 0 Å². The summed E-state index contributed by atoms with van der Waals surface area (Å²) < 4.78 is 7.17. The molecule has 3 heterocycles. The Labute approximate surface area is 217 Å². The van der Waals surface area contributed by atoms with E-state index in [0.717, 1.165) is 50.1 Å². The normalized spacial score (nSPS) is 31.1. The number of fused-ring (bicyclic) bond motifs is 1. The van der Waals surface area contributed by atoms with Crippen molar-refractivity contribution in [1.82, 2.24) is 9.80 Å². The molecule has 3 aliphatic heterocycles. The molecule has 1 saturated carbocycles. The van der Waals surface area contributed by atoms with Gasteiger partial charge in [0.2, 0.25) is 0 Å². The zero-order valence-electron chi connectivity index (χ0n) is 20.8. The van der Waals surface area contributed by atoms with Crippen LogP contribution in [0.1, 0.15) is 46.3 Å². The van der Waals surface area contributed by atoms with Crippen molar-refractivity contribution in [2.45, 2.75) is 55.3 Å². The minimum absolute atomic E-state index is 0.0490. The second kappa shape index (κ2) is 7.48. The highest BCUT2D eigenvalue weighted by molar-refractivity contribution is 5.95. The van der Waals surface area contributed by atoms with E-state index in [1.54, 1.807) is 0 Å². The summed E-state index contributed by atoms with van der Waals surface area (Å²) in [5.41, 5.74) is 5.28. The van der Waals surface area contributed by atoms with Crippen LogP contribution in [-0.2, 0) is 23.1 Å². The van der Waals surface area contributed by atoms with Crippen molar-refractivity contribution in [3.8, 4) is 5.75 Å². The fraction of sp³-hybridized carbons (Fsp3) is 0.344. The van der Waals surface area contributed by atoms with Crippen LogP contribution in [0, 0.1) is 0 Å². The van der Waals surface area contributed by atoms with E-state index in [4.69, 9.17) is 4.74 Å². The Hall–Kier alpha value is -3.57. The third-order valence-corrected chi connectivity index (χ3v) is 9.83. The van der Waals surface area contributed by atoms with Crippen molar-refractivity contribution in [3.05, 3.63) is 112 Å². The number of benzene rings is 3. The predicted octanol–water partition coefficient (Wildman–Crippen LogP) is 4.80. The van der Waals surface area contributed by atoms with E-state index in [1.165, 1.54) is 22.3 Å². The average Bonchev–Trinajstić information content (AvgIpc) is 3.38. The molecule has 4 bridgehead atoms. The van der Waals surface area contributed by atoms with E-state index in [-0.39, 0.29) is 29.0 Å². The Morgan fingerprint density at radius 3 is 2.59 bits per heavy atom. The minimum atomic E-state index is -0.343. The summed E-state index contributed by atoms with van der Waals surface area (Å²) in [6.45, 7) is 2.42. The maximum atomic E-state index is 13.6. The molecular formula is C32H30N2O3. The molecule has 0 radical (unpaired) electrons. The van der Waals surface area contributed by atoms with Gasteiger partial charge >= 0.3 is 0 Å². The molecule has 8 rings (SSSR count). The monoisotopic (exact) mass is 490 g/mol. The number of amides is 1. The zero-order valence-corrected chi connectivity index (χ0v) is 20.8. The predicted molar refractivity (Wildman–Crippen MR) is 140 cm³/mol. The van der Waals surface area contributed by atoms with Gasteiger partial charge in [0.05, 0.1) is 24.0 Å². The minimum Gasteiger partial charge on any atom is -0.508 e. The molecule has 0 spiro atoms. The van der Waals surface area contributed by atoms with Crippen molar-refractivity contribution < 1.29 is 14.6 Å². The highest BCUT2D eigenvalue weighted by Gasteiger charge is 2.74. The molecule has 1 amide bonds. The maximum Gasteiger partial charge on any atom is 0.254 e. The van der Waals surface area contributed by atoms with Crippen molar-refractivity contribution in [2.24, 2.45) is 0 Å². The molecule has 4 atom stereocenters. The Morgan fingerprint density at radius 1 is 1.00 bits per heavy atom. The molecule has 186 valence electrons. The smallest absolute Gasteiger partial charge is 0.254 e. The zero-order chi connectivity index (χ0) is 24.8. The number of rotatable bonds is 3. The molecule has 0 aromatic heterocycles. The number of likely N-dealkylation sites (tertiary alicyclic amines) is 1. The number of phenolic OH excluding ortho intramolecular Hbond substituents is 1. The Balaban J connectivity index is 1.24. The number of nitrogens with zero attached hydrogens (tertiary/aromatic N) is 2. The highest BCUT2D eigenvalue weighted by atomic mass is 16.5. The largest absolute Gasteiger partial charge is 0.508 e. The van der Waals surface area contributed by atoms with E-state index >= 15 is 0 Å². The fourth-order valence-electron chi connectivity index (χ4n) is 8.50. The van der Waals surface area contributed by atoms with E-state index in [2.05, 4.69) is 41.3 Å². The number of hydrogen-bond donors (Lipinski definition) is 1. The Kier molecular flexibility index (Phi) is 4.35. The summed E-state index contributed by atoms with van der Waals surface area (Å²) in [5.74, 6) is 1.40. The molecule has 5 nitrogen and oxygen atoms in total. The highest BCUT2D eigenvalue weighted by Crippen LogP contribution is 2.69. The second-order valence-corrected chi connectivity index (χ2v) is 11.4. The summed E-state index contributed by atoms with van der Waals surface area (Å²) in [4.78, 5) is 18.3. The van der Waals surface area contributed by atoms with Crippen LogP contribution in [0.25, 0.3) is 0 Å². The number of hydrogen-bond acceptors (Lipinski definition) is 4. The molecule has 1 saturated heterocycles. The molecule has 1 N–H and O–H groups in total.